The van der Waals surface area contributed by atoms with E-state index in [1.54, 1.807) is 0 Å². The summed E-state index contributed by atoms with van der Waals surface area (Å²) in [5.41, 5.74) is -1.49. The molecule has 0 rings (SSSR count). The van der Waals surface area contributed by atoms with Crippen LogP contribution in [0, 0.1) is 44.8 Å². The predicted molar refractivity (Wildman–Crippen MR) is 61.7 cm³/mol. The van der Waals surface area contributed by atoms with Crippen LogP contribution in [0.3, 0.4) is 0 Å². The number of hydrogen-bond donors (Lipinski definition) is 0. The molecule has 15 heavy (non-hydrogen) atoms. The van der Waals surface area contributed by atoms with Crippen molar-refractivity contribution in [2.24, 2.45) is 22.2 Å². The molecule has 0 fully saturated rings. The molecular weight excluding hydrogens is 184 g/mol. The molecule has 0 saturated carbocycles. The third kappa shape index (κ3) is 1.86. The lowest BCUT2D eigenvalue weighted by Gasteiger charge is -2.48. The summed E-state index contributed by atoms with van der Waals surface area (Å²) in [5.74, 6) is 0.356. The fourth-order valence-electron chi connectivity index (χ4n) is 1.78. The van der Waals surface area contributed by atoms with Gasteiger partial charge in [0.05, 0.1) is 23.0 Å². The molecule has 0 N–H and O–H groups in total. The van der Waals surface area contributed by atoms with Crippen molar-refractivity contribution in [3.63, 3.8) is 0 Å². The monoisotopic (exact) mass is 206 g/mol. The standard InChI is InChI=1S/C13H22N2/c1-10(2)12(5,6)13(7,9-15)11(3,4)8-14/h10H,1-7H3. The van der Waals surface area contributed by atoms with Crippen molar-refractivity contribution in [1.29, 1.82) is 10.5 Å². The lowest BCUT2D eigenvalue weighted by Crippen LogP contribution is -2.47. The minimum absolute atomic E-state index is 0.193. The topological polar surface area (TPSA) is 47.6 Å². The van der Waals surface area contributed by atoms with Gasteiger partial charge in [0.1, 0.15) is 0 Å². The fraction of sp³-hybridized carbons (Fsp3) is 0.846. The van der Waals surface area contributed by atoms with Crippen LogP contribution in [0.15, 0.2) is 0 Å². The van der Waals surface area contributed by atoms with Crippen molar-refractivity contribution >= 4 is 0 Å². The van der Waals surface area contributed by atoms with Crippen LogP contribution >= 0.6 is 0 Å². The molecule has 0 aromatic carbocycles. The number of nitrogens with zero attached hydrogens (tertiary/aromatic N) is 2. The maximum atomic E-state index is 9.44. The van der Waals surface area contributed by atoms with Gasteiger partial charge in [-0.2, -0.15) is 10.5 Å². The minimum atomic E-state index is -0.650. The van der Waals surface area contributed by atoms with Gasteiger partial charge in [-0.3, -0.25) is 0 Å². The Kier molecular flexibility index (Phi) is 3.59. The largest absolute Gasteiger partial charge is 0.198 e. The van der Waals surface area contributed by atoms with Gasteiger partial charge in [-0.1, -0.05) is 27.7 Å². The first-order chi connectivity index (χ1) is 6.56. The first-order valence-corrected chi connectivity index (χ1v) is 5.39. The quantitative estimate of drug-likeness (QED) is 0.706. The first kappa shape index (κ1) is 14.0. The Morgan fingerprint density at radius 3 is 1.47 bits per heavy atom. The van der Waals surface area contributed by atoms with Crippen molar-refractivity contribution in [3.05, 3.63) is 0 Å². The van der Waals surface area contributed by atoms with Gasteiger partial charge < -0.3 is 0 Å². The summed E-state index contributed by atoms with van der Waals surface area (Å²) in [5, 5.41) is 18.6. The Bertz CT molecular complexity index is 312. The summed E-state index contributed by atoms with van der Waals surface area (Å²) in [6.45, 7) is 13.9. The Morgan fingerprint density at radius 1 is 0.867 bits per heavy atom. The van der Waals surface area contributed by atoms with Crippen molar-refractivity contribution < 1.29 is 0 Å². The van der Waals surface area contributed by atoms with Gasteiger partial charge in [0.2, 0.25) is 0 Å². The molecule has 2 heteroatoms. The Morgan fingerprint density at radius 2 is 1.27 bits per heavy atom. The van der Waals surface area contributed by atoms with E-state index in [2.05, 4.69) is 39.8 Å². The lowest BCUT2D eigenvalue weighted by molar-refractivity contribution is 0.0149. The van der Waals surface area contributed by atoms with Gasteiger partial charge in [0.15, 0.2) is 0 Å². The molecule has 0 bridgehead atoms. The van der Waals surface area contributed by atoms with E-state index in [0.717, 1.165) is 0 Å². The molecule has 1 atom stereocenters. The second-order valence-corrected chi connectivity index (χ2v) is 5.85. The zero-order valence-corrected chi connectivity index (χ0v) is 11.0. The Balaban J connectivity index is 5.63. The van der Waals surface area contributed by atoms with Gasteiger partial charge in [-0.05, 0) is 32.1 Å². The molecule has 84 valence electrons. The van der Waals surface area contributed by atoms with Crippen LogP contribution < -0.4 is 0 Å². The van der Waals surface area contributed by atoms with E-state index >= 15 is 0 Å². The van der Waals surface area contributed by atoms with E-state index in [1.165, 1.54) is 0 Å². The summed E-state index contributed by atoms with van der Waals surface area (Å²) in [6, 6.07) is 4.64. The highest BCUT2D eigenvalue weighted by Crippen LogP contribution is 2.54. The SMILES string of the molecule is CC(C)C(C)(C)C(C)(C#N)C(C)(C)C#N. The third-order valence-corrected chi connectivity index (χ3v) is 4.49. The number of nitriles is 2. The van der Waals surface area contributed by atoms with Crippen LogP contribution in [-0.4, -0.2) is 0 Å². The molecule has 0 aliphatic heterocycles. The average Bonchev–Trinajstić information content (AvgIpc) is 2.15. The highest BCUT2D eigenvalue weighted by Gasteiger charge is 2.53. The number of hydrogen-bond acceptors (Lipinski definition) is 2. The van der Waals surface area contributed by atoms with Crippen LogP contribution in [0.1, 0.15) is 48.5 Å². The molecule has 0 aromatic rings. The molecular formula is C13H22N2. The summed E-state index contributed by atoms with van der Waals surface area (Å²) in [7, 11) is 0. The Hall–Kier alpha value is -1.02. The molecule has 1 unspecified atom stereocenters. The van der Waals surface area contributed by atoms with E-state index in [0.29, 0.717) is 5.92 Å². The van der Waals surface area contributed by atoms with Gasteiger partial charge in [0.25, 0.3) is 0 Å². The molecule has 0 aromatic heterocycles. The van der Waals surface area contributed by atoms with Gasteiger partial charge in [0, 0.05) is 0 Å². The molecule has 0 radical (unpaired) electrons. The summed E-state index contributed by atoms with van der Waals surface area (Å²) in [6.07, 6.45) is 0. The van der Waals surface area contributed by atoms with Crippen LogP contribution in [0.5, 0.6) is 0 Å². The van der Waals surface area contributed by atoms with Gasteiger partial charge in [-0.15, -0.1) is 0 Å². The zero-order valence-electron chi connectivity index (χ0n) is 11.0. The molecule has 0 aliphatic rings. The summed E-state index contributed by atoms with van der Waals surface area (Å²) in [4.78, 5) is 0. The van der Waals surface area contributed by atoms with E-state index in [1.807, 2.05) is 20.8 Å². The summed E-state index contributed by atoms with van der Waals surface area (Å²) >= 11 is 0. The molecule has 0 amide bonds. The van der Waals surface area contributed by atoms with E-state index in [-0.39, 0.29) is 5.41 Å². The van der Waals surface area contributed by atoms with Crippen molar-refractivity contribution in [3.8, 4) is 12.1 Å². The van der Waals surface area contributed by atoms with Crippen molar-refractivity contribution in [2.75, 3.05) is 0 Å². The number of rotatable bonds is 3. The van der Waals surface area contributed by atoms with E-state index in [4.69, 9.17) is 0 Å². The van der Waals surface area contributed by atoms with Crippen LogP contribution in [0.25, 0.3) is 0 Å². The third-order valence-electron chi connectivity index (χ3n) is 4.49. The summed E-state index contributed by atoms with van der Waals surface area (Å²) < 4.78 is 0. The minimum Gasteiger partial charge on any atom is -0.198 e. The second-order valence-electron chi connectivity index (χ2n) is 5.85. The van der Waals surface area contributed by atoms with Crippen molar-refractivity contribution in [2.45, 2.75) is 48.5 Å². The van der Waals surface area contributed by atoms with Crippen LogP contribution in [0.4, 0.5) is 0 Å². The molecule has 0 spiro atoms. The zero-order chi connectivity index (χ0) is 12.5. The molecule has 0 aliphatic carbocycles. The highest BCUT2D eigenvalue weighted by molar-refractivity contribution is 5.18. The Labute approximate surface area is 93.9 Å². The molecule has 2 nitrogen and oxygen atoms in total. The molecule has 0 saturated heterocycles. The van der Waals surface area contributed by atoms with Gasteiger partial charge in [-0.25, -0.2) is 0 Å². The maximum absolute atomic E-state index is 9.44. The van der Waals surface area contributed by atoms with E-state index < -0.39 is 10.8 Å². The highest BCUT2D eigenvalue weighted by atomic mass is 14.6. The fourth-order valence-corrected chi connectivity index (χ4v) is 1.78. The van der Waals surface area contributed by atoms with E-state index in [9.17, 15) is 10.5 Å². The van der Waals surface area contributed by atoms with Crippen LogP contribution in [0.2, 0.25) is 0 Å². The normalized spacial score (nSPS) is 16.7. The molecule has 0 heterocycles. The van der Waals surface area contributed by atoms with Crippen LogP contribution in [-0.2, 0) is 0 Å². The smallest absolute Gasteiger partial charge is 0.0779 e. The van der Waals surface area contributed by atoms with Gasteiger partial charge >= 0.3 is 0 Å². The van der Waals surface area contributed by atoms with Crippen molar-refractivity contribution in [1.82, 2.24) is 0 Å². The lowest BCUT2D eigenvalue weighted by atomic mass is 9.52. The second kappa shape index (κ2) is 3.86. The predicted octanol–water partition coefficient (Wildman–Crippen LogP) is 3.75. The average molecular weight is 206 g/mol. The first-order valence-electron chi connectivity index (χ1n) is 5.39. The maximum Gasteiger partial charge on any atom is 0.0779 e.